The van der Waals surface area contributed by atoms with Gasteiger partial charge in [-0.25, -0.2) is 0 Å². The number of nitrogens with one attached hydrogen (secondary N) is 2. The lowest BCUT2D eigenvalue weighted by atomic mass is 10.1. The molecule has 0 radical (unpaired) electrons. The molecule has 0 bridgehead atoms. The molecule has 1 heterocycles. The number of guanidine groups is 1. The van der Waals surface area contributed by atoms with Crippen LogP contribution in [0.25, 0.3) is 0 Å². The van der Waals surface area contributed by atoms with Crippen molar-refractivity contribution in [2.24, 2.45) is 4.99 Å². The lowest BCUT2D eigenvalue weighted by Crippen LogP contribution is -2.42. The van der Waals surface area contributed by atoms with Crippen LogP contribution in [-0.4, -0.2) is 25.1 Å². The molecule has 0 saturated carbocycles. The Morgan fingerprint density at radius 2 is 1.87 bits per heavy atom. The fourth-order valence-corrected chi connectivity index (χ4v) is 2.13. The predicted molar refractivity (Wildman–Crippen MR) is 107 cm³/mol. The van der Waals surface area contributed by atoms with E-state index in [0.29, 0.717) is 12.6 Å². The summed E-state index contributed by atoms with van der Waals surface area (Å²) >= 11 is 0. The van der Waals surface area contributed by atoms with Gasteiger partial charge >= 0.3 is 0 Å². The van der Waals surface area contributed by atoms with Crippen LogP contribution in [0.4, 0.5) is 0 Å². The lowest BCUT2D eigenvalue weighted by Gasteiger charge is -2.15. The number of furan rings is 1. The number of halogens is 1. The maximum atomic E-state index is 5.33. The summed E-state index contributed by atoms with van der Waals surface area (Å²) in [5.41, 5.74) is 1.33. The molecule has 2 aromatic rings. The van der Waals surface area contributed by atoms with Gasteiger partial charge in [0.05, 0.1) is 6.26 Å². The van der Waals surface area contributed by atoms with Crippen LogP contribution in [0.3, 0.4) is 0 Å². The summed E-state index contributed by atoms with van der Waals surface area (Å²) in [6.45, 7) is 5.80. The summed E-state index contributed by atoms with van der Waals surface area (Å²) in [5, 5.41) is 6.74. The lowest BCUT2D eigenvalue weighted by molar-refractivity contribution is 0.510. The Labute approximate surface area is 155 Å². The fourth-order valence-electron chi connectivity index (χ4n) is 2.13. The molecule has 0 spiro atoms. The molecule has 1 aromatic carbocycles. The van der Waals surface area contributed by atoms with E-state index < -0.39 is 0 Å². The second kappa shape index (κ2) is 11.1. The average Bonchev–Trinajstić information content (AvgIpc) is 3.01. The van der Waals surface area contributed by atoms with Gasteiger partial charge in [0.1, 0.15) is 5.76 Å². The summed E-state index contributed by atoms with van der Waals surface area (Å²) in [7, 11) is 0. The zero-order valence-electron chi connectivity index (χ0n) is 13.8. The number of benzene rings is 1. The maximum Gasteiger partial charge on any atom is 0.191 e. The molecule has 0 aliphatic rings. The van der Waals surface area contributed by atoms with Crippen LogP contribution in [0.1, 0.15) is 25.2 Å². The van der Waals surface area contributed by atoms with E-state index in [0.717, 1.165) is 31.1 Å². The normalized spacial score (nSPS) is 11.2. The van der Waals surface area contributed by atoms with E-state index in [1.807, 2.05) is 18.2 Å². The summed E-state index contributed by atoms with van der Waals surface area (Å²) in [6.07, 6.45) is 3.50. The van der Waals surface area contributed by atoms with Crippen molar-refractivity contribution < 1.29 is 4.42 Å². The highest BCUT2D eigenvalue weighted by atomic mass is 127. The molecular weight excluding hydrogens is 401 g/mol. The second-order valence-electron chi connectivity index (χ2n) is 5.52. The van der Waals surface area contributed by atoms with Crippen molar-refractivity contribution in [2.45, 2.75) is 32.7 Å². The van der Waals surface area contributed by atoms with Crippen molar-refractivity contribution in [1.29, 1.82) is 0 Å². The monoisotopic (exact) mass is 427 g/mol. The number of rotatable bonds is 7. The van der Waals surface area contributed by atoms with Gasteiger partial charge in [0.25, 0.3) is 0 Å². The number of nitrogens with zero attached hydrogens (tertiary/aromatic N) is 1. The number of hydrogen-bond acceptors (Lipinski definition) is 2. The van der Waals surface area contributed by atoms with Crippen molar-refractivity contribution >= 4 is 29.9 Å². The van der Waals surface area contributed by atoms with E-state index >= 15 is 0 Å². The highest BCUT2D eigenvalue weighted by Gasteiger charge is 2.02. The van der Waals surface area contributed by atoms with Gasteiger partial charge in [-0.2, -0.15) is 0 Å². The van der Waals surface area contributed by atoms with E-state index in [1.165, 1.54) is 5.56 Å². The molecule has 0 fully saturated rings. The van der Waals surface area contributed by atoms with Crippen molar-refractivity contribution in [2.75, 3.05) is 13.1 Å². The van der Waals surface area contributed by atoms with Crippen molar-refractivity contribution in [1.82, 2.24) is 10.6 Å². The largest absolute Gasteiger partial charge is 0.469 e. The van der Waals surface area contributed by atoms with Crippen molar-refractivity contribution in [3.8, 4) is 0 Å². The molecule has 5 heteroatoms. The van der Waals surface area contributed by atoms with Crippen LogP contribution in [0.15, 0.2) is 58.1 Å². The molecule has 23 heavy (non-hydrogen) atoms. The summed E-state index contributed by atoms with van der Waals surface area (Å²) < 4.78 is 5.33. The molecule has 0 unspecified atom stereocenters. The summed E-state index contributed by atoms with van der Waals surface area (Å²) in [4.78, 5) is 4.60. The van der Waals surface area contributed by atoms with Crippen molar-refractivity contribution in [3.05, 3.63) is 60.1 Å². The van der Waals surface area contributed by atoms with Crippen molar-refractivity contribution in [3.63, 3.8) is 0 Å². The van der Waals surface area contributed by atoms with Crippen LogP contribution in [-0.2, 0) is 12.8 Å². The Morgan fingerprint density at radius 3 is 2.52 bits per heavy atom. The summed E-state index contributed by atoms with van der Waals surface area (Å²) in [6, 6.07) is 14.7. The molecule has 0 aliphatic carbocycles. The van der Waals surface area contributed by atoms with E-state index in [9.17, 15) is 0 Å². The average molecular weight is 427 g/mol. The van der Waals surface area contributed by atoms with E-state index in [1.54, 1.807) is 6.26 Å². The Morgan fingerprint density at radius 1 is 1.09 bits per heavy atom. The Bertz CT molecular complexity index is 553. The first-order chi connectivity index (χ1) is 10.7. The SMILES string of the molecule is CC(C)NC(=NCCc1ccco1)NCCc1ccccc1.I. The topological polar surface area (TPSA) is 49.6 Å². The Kier molecular flexibility index (Phi) is 9.43. The molecule has 2 N–H and O–H groups in total. The minimum atomic E-state index is 0. The molecule has 126 valence electrons. The third-order valence-electron chi connectivity index (χ3n) is 3.18. The summed E-state index contributed by atoms with van der Waals surface area (Å²) in [5.74, 6) is 1.83. The zero-order chi connectivity index (χ0) is 15.6. The molecule has 4 nitrogen and oxygen atoms in total. The second-order valence-corrected chi connectivity index (χ2v) is 5.52. The quantitative estimate of drug-likeness (QED) is 0.403. The maximum absolute atomic E-state index is 5.33. The minimum absolute atomic E-state index is 0. The number of hydrogen-bond donors (Lipinski definition) is 2. The van der Waals surface area contributed by atoms with Crippen LogP contribution in [0.2, 0.25) is 0 Å². The van der Waals surface area contributed by atoms with Gasteiger partial charge < -0.3 is 15.1 Å². The van der Waals surface area contributed by atoms with Gasteiger partial charge in [0.2, 0.25) is 0 Å². The molecule has 1 aromatic heterocycles. The number of aliphatic imine (C=N–C) groups is 1. The highest BCUT2D eigenvalue weighted by Crippen LogP contribution is 2.01. The first kappa shape index (κ1) is 19.5. The smallest absolute Gasteiger partial charge is 0.191 e. The molecule has 0 saturated heterocycles. The van der Waals surface area contributed by atoms with Gasteiger partial charge in [-0.15, -0.1) is 24.0 Å². The third-order valence-corrected chi connectivity index (χ3v) is 3.18. The van der Waals surface area contributed by atoms with Crippen LogP contribution in [0.5, 0.6) is 0 Å². The first-order valence-corrected chi connectivity index (χ1v) is 7.85. The van der Waals surface area contributed by atoms with Gasteiger partial charge in [0.15, 0.2) is 5.96 Å². The van der Waals surface area contributed by atoms with Crippen LogP contribution >= 0.6 is 24.0 Å². The molecule has 0 atom stereocenters. The molecule has 2 rings (SSSR count). The Hall–Kier alpha value is -1.50. The molecular formula is C18H26IN3O. The molecule has 0 aliphatic heterocycles. The van der Waals surface area contributed by atoms with E-state index in [-0.39, 0.29) is 24.0 Å². The fraction of sp³-hybridized carbons (Fsp3) is 0.389. The van der Waals surface area contributed by atoms with Crippen LogP contribution in [0, 0.1) is 0 Å². The van der Waals surface area contributed by atoms with Gasteiger partial charge in [0, 0.05) is 25.6 Å². The third kappa shape index (κ3) is 8.06. The van der Waals surface area contributed by atoms with Gasteiger partial charge in [-0.1, -0.05) is 30.3 Å². The zero-order valence-corrected chi connectivity index (χ0v) is 16.1. The minimum Gasteiger partial charge on any atom is -0.469 e. The van der Waals surface area contributed by atoms with Gasteiger partial charge in [-0.3, -0.25) is 4.99 Å². The van der Waals surface area contributed by atoms with Crippen LogP contribution < -0.4 is 10.6 Å². The van der Waals surface area contributed by atoms with E-state index in [4.69, 9.17) is 4.42 Å². The predicted octanol–water partition coefficient (Wildman–Crippen LogP) is 3.63. The first-order valence-electron chi connectivity index (χ1n) is 7.85. The standard InChI is InChI=1S/C18H25N3O.HI/c1-15(2)21-18(20-13-11-17-9-6-14-22-17)19-12-10-16-7-4-3-5-8-16;/h3-9,14-15H,10-13H2,1-2H3,(H2,19,20,21);1H. The molecule has 0 amide bonds. The van der Waals surface area contributed by atoms with Gasteiger partial charge in [-0.05, 0) is 38.0 Å². The van der Waals surface area contributed by atoms with E-state index in [2.05, 4.69) is 53.7 Å². The Balaban J connectivity index is 0.00000264. The highest BCUT2D eigenvalue weighted by molar-refractivity contribution is 14.0.